The standard InChI is InChI=1S/C30H55O7PSi/c1-10-11-12-13-14-15-16-17-26-22(2)18-25-24-19-23(37-39(8,9)29(3,4)5)20-27(24)36-30(31,28(25)35-26)21-38(32,33-6)34-7/h16-18,23-28,31H,10-15,19-21H2,1-9H3/b17-16+/t23-,24+,25+,26-,27-,28+,30?/m0/s1. The van der Waals surface area contributed by atoms with Gasteiger partial charge in [0.05, 0.1) is 12.2 Å². The van der Waals surface area contributed by atoms with Gasteiger partial charge in [-0.05, 0) is 62.2 Å². The van der Waals surface area contributed by atoms with Crippen LogP contribution < -0.4 is 0 Å². The van der Waals surface area contributed by atoms with E-state index in [9.17, 15) is 9.67 Å². The maximum atomic E-state index is 13.2. The van der Waals surface area contributed by atoms with Gasteiger partial charge in [0.25, 0.3) is 0 Å². The normalized spacial score (nSPS) is 33.7. The summed E-state index contributed by atoms with van der Waals surface area (Å²) in [7, 11) is -2.87. The van der Waals surface area contributed by atoms with E-state index in [4.69, 9.17) is 22.9 Å². The van der Waals surface area contributed by atoms with Gasteiger partial charge in [0, 0.05) is 26.2 Å². The summed E-state index contributed by atoms with van der Waals surface area (Å²) in [5.74, 6) is -1.74. The monoisotopic (exact) mass is 586 g/mol. The average molecular weight is 587 g/mol. The molecule has 0 radical (unpaired) electrons. The lowest BCUT2D eigenvalue weighted by molar-refractivity contribution is -0.323. The van der Waals surface area contributed by atoms with Crippen molar-refractivity contribution in [2.75, 3.05) is 20.4 Å². The Balaban J connectivity index is 1.83. The lowest BCUT2D eigenvalue weighted by atomic mass is 9.76. The summed E-state index contributed by atoms with van der Waals surface area (Å²) >= 11 is 0. The molecule has 7 atom stereocenters. The van der Waals surface area contributed by atoms with E-state index >= 15 is 0 Å². The van der Waals surface area contributed by atoms with Gasteiger partial charge in [-0.2, -0.15) is 0 Å². The minimum atomic E-state index is -3.58. The fourth-order valence-electron chi connectivity index (χ4n) is 6.03. The highest BCUT2D eigenvalue weighted by Crippen LogP contribution is 2.56. The number of aliphatic hydroxyl groups is 1. The van der Waals surface area contributed by atoms with Gasteiger partial charge in [-0.1, -0.05) is 71.6 Å². The molecule has 0 bridgehead atoms. The van der Waals surface area contributed by atoms with Crippen molar-refractivity contribution >= 4 is 15.9 Å². The lowest BCUT2D eigenvalue weighted by Gasteiger charge is -2.51. The predicted molar refractivity (Wildman–Crippen MR) is 160 cm³/mol. The molecule has 3 aliphatic rings. The van der Waals surface area contributed by atoms with Crippen molar-refractivity contribution in [3.05, 3.63) is 23.8 Å². The maximum absolute atomic E-state index is 13.2. The Kier molecular flexibility index (Phi) is 11.3. The van der Waals surface area contributed by atoms with Crippen LogP contribution in [0.5, 0.6) is 0 Å². The highest BCUT2D eigenvalue weighted by molar-refractivity contribution is 7.53. The van der Waals surface area contributed by atoms with E-state index in [2.05, 4.69) is 65.9 Å². The summed E-state index contributed by atoms with van der Waals surface area (Å²) in [6.45, 7) is 15.6. The van der Waals surface area contributed by atoms with Gasteiger partial charge < -0.3 is 28.1 Å². The summed E-state index contributed by atoms with van der Waals surface area (Å²) < 4.78 is 43.5. The second-order valence-corrected chi connectivity index (χ2v) is 20.4. The molecule has 39 heavy (non-hydrogen) atoms. The van der Waals surface area contributed by atoms with Crippen LogP contribution in [0, 0.1) is 11.8 Å². The molecule has 7 nitrogen and oxygen atoms in total. The van der Waals surface area contributed by atoms with Gasteiger partial charge in [-0.15, -0.1) is 0 Å². The SMILES string of the molecule is CCCCCCC/C=C/[C@@H]1O[C@@H]2[C@H](C=C1C)[C@H]1C[C@H](O[Si](C)(C)C(C)(C)C)C[C@@H]1OC2(O)CP(=O)(OC)OC. The first-order valence-corrected chi connectivity index (χ1v) is 19.6. The summed E-state index contributed by atoms with van der Waals surface area (Å²) in [6, 6.07) is 0. The molecule has 2 fully saturated rings. The molecule has 0 spiro atoms. The largest absolute Gasteiger partial charge is 0.414 e. The molecule has 1 aliphatic carbocycles. The Hall–Kier alpha value is -0.313. The van der Waals surface area contributed by atoms with Crippen molar-refractivity contribution in [1.29, 1.82) is 0 Å². The molecule has 9 heteroatoms. The highest BCUT2D eigenvalue weighted by Gasteiger charge is 2.61. The first-order chi connectivity index (χ1) is 18.2. The minimum Gasteiger partial charge on any atom is -0.414 e. The number of rotatable bonds is 13. The molecular formula is C30H55O7PSi. The van der Waals surface area contributed by atoms with Gasteiger partial charge in [0.2, 0.25) is 5.79 Å². The maximum Gasteiger partial charge on any atom is 0.335 e. The zero-order valence-electron chi connectivity index (χ0n) is 25.9. The van der Waals surface area contributed by atoms with E-state index in [0.717, 1.165) is 24.8 Å². The van der Waals surface area contributed by atoms with Gasteiger partial charge in [0.1, 0.15) is 12.3 Å². The van der Waals surface area contributed by atoms with Crippen LogP contribution in [-0.2, 0) is 27.5 Å². The quantitative estimate of drug-likeness (QED) is 0.103. The molecule has 3 rings (SSSR count). The van der Waals surface area contributed by atoms with E-state index in [1.165, 1.54) is 39.9 Å². The first kappa shape index (κ1) is 33.2. The van der Waals surface area contributed by atoms with E-state index in [0.29, 0.717) is 6.42 Å². The Morgan fingerprint density at radius 2 is 1.82 bits per heavy atom. The van der Waals surface area contributed by atoms with Gasteiger partial charge in [-0.25, -0.2) is 0 Å². The molecule has 1 unspecified atom stereocenters. The number of hydrogen-bond acceptors (Lipinski definition) is 7. The van der Waals surface area contributed by atoms with Crippen LogP contribution in [0.1, 0.15) is 86.0 Å². The van der Waals surface area contributed by atoms with E-state index in [1.807, 2.05) is 0 Å². The molecule has 226 valence electrons. The van der Waals surface area contributed by atoms with Crippen LogP contribution in [0.25, 0.3) is 0 Å². The lowest BCUT2D eigenvalue weighted by Crippen LogP contribution is -2.62. The first-order valence-electron chi connectivity index (χ1n) is 15.0. The molecule has 2 aliphatic heterocycles. The number of fused-ring (bicyclic) bond motifs is 3. The van der Waals surface area contributed by atoms with Gasteiger partial charge >= 0.3 is 7.60 Å². The smallest absolute Gasteiger partial charge is 0.335 e. The Bertz CT molecular complexity index is 905. The molecule has 2 heterocycles. The van der Waals surface area contributed by atoms with Crippen LogP contribution >= 0.6 is 7.60 Å². The highest BCUT2D eigenvalue weighted by atomic mass is 31.2. The third-order valence-corrected chi connectivity index (χ3v) is 15.9. The second kappa shape index (κ2) is 13.3. The van der Waals surface area contributed by atoms with Crippen molar-refractivity contribution < 1.29 is 32.6 Å². The van der Waals surface area contributed by atoms with Crippen molar-refractivity contribution in [3.8, 4) is 0 Å². The molecule has 1 saturated carbocycles. The second-order valence-electron chi connectivity index (χ2n) is 13.4. The van der Waals surface area contributed by atoms with Crippen LogP contribution in [0.4, 0.5) is 0 Å². The van der Waals surface area contributed by atoms with E-state index in [-0.39, 0.29) is 41.3 Å². The molecule has 0 aromatic rings. The Labute approximate surface area is 238 Å². The number of hydrogen-bond donors (Lipinski definition) is 1. The molecule has 0 amide bonds. The van der Waals surface area contributed by atoms with Crippen molar-refractivity contribution in [2.45, 2.75) is 134 Å². The van der Waals surface area contributed by atoms with E-state index in [1.54, 1.807) is 0 Å². The Morgan fingerprint density at radius 3 is 2.44 bits per heavy atom. The summed E-state index contributed by atoms with van der Waals surface area (Å²) in [4.78, 5) is 0. The zero-order chi connectivity index (χ0) is 29.1. The van der Waals surface area contributed by atoms with Crippen molar-refractivity contribution in [1.82, 2.24) is 0 Å². The Morgan fingerprint density at radius 1 is 1.15 bits per heavy atom. The van der Waals surface area contributed by atoms with Crippen LogP contribution in [0.3, 0.4) is 0 Å². The van der Waals surface area contributed by atoms with Crippen LogP contribution in [-0.4, -0.2) is 64.0 Å². The number of ether oxygens (including phenoxy) is 2. The number of unbranched alkanes of at least 4 members (excludes halogenated alkanes) is 5. The average Bonchev–Trinajstić information content (AvgIpc) is 3.24. The van der Waals surface area contributed by atoms with Gasteiger partial charge in [-0.3, -0.25) is 4.57 Å². The summed E-state index contributed by atoms with van der Waals surface area (Å²) in [5.41, 5.74) is 1.14. The predicted octanol–water partition coefficient (Wildman–Crippen LogP) is 7.61. The fourth-order valence-corrected chi connectivity index (χ4v) is 8.63. The summed E-state index contributed by atoms with van der Waals surface area (Å²) in [5, 5.41) is 12.1. The molecule has 0 aromatic carbocycles. The van der Waals surface area contributed by atoms with Crippen molar-refractivity contribution in [3.63, 3.8) is 0 Å². The van der Waals surface area contributed by atoms with Crippen LogP contribution in [0.2, 0.25) is 18.1 Å². The third-order valence-electron chi connectivity index (χ3n) is 9.38. The fraction of sp³-hybridized carbons (Fsp3) is 0.867. The molecule has 0 aromatic heterocycles. The number of allylic oxidation sites excluding steroid dienone is 1. The molecular weight excluding hydrogens is 531 g/mol. The minimum absolute atomic E-state index is 0.0552. The summed E-state index contributed by atoms with van der Waals surface area (Å²) in [6.07, 6.45) is 13.9. The zero-order valence-corrected chi connectivity index (χ0v) is 27.8. The van der Waals surface area contributed by atoms with Crippen molar-refractivity contribution in [2.24, 2.45) is 11.8 Å². The van der Waals surface area contributed by atoms with Gasteiger partial charge in [0.15, 0.2) is 8.32 Å². The molecule has 1 N–H and O–H groups in total. The van der Waals surface area contributed by atoms with Crippen LogP contribution in [0.15, 0.2) is 23.8 Å². The topological polar surface area (TPSA) is 83.5 Å². The van der Waals surface area contributed by atoms with E-state index < -0.39 is 27.8 Å². The third kappa shape index (κ3) is 7.95. The molecule has 1 saturated heterocycles.